The van der Waals surface area contributed by atoms with Crippen LogP contribution in [-0.2, 0) is 6.42 Å². The molecule has 18 heavy (non-hydrogen) atoms. The van der Waals surface area contributed by atoms with Gasteiger partial charge in [0.2, 0.25) is 0 Å². The summed E-state index contributed by atoms with van der Waals surface area (Å²) in [5, 5.41) is 2.09. The Morgan fingerprint density at radius 1 is 1.39 bits per heavy atom. The number of hydrogen-bond donors (Lipinski definition) is 1. The highest BCUT2D eigenvalue weighted by molar-refractivity contribution is 9.10. The third-order valence-electron chi connectivity index (χ3n) is 2.67. The first kappa shape index (κ1) is 13.6. The zero-order valence-electron chi connectivity index (χ0n) is 10.2. The van der Waals surface area contributed by atoms with Gasteiger partial charge < -0.3 is 10.5 Å². The molecule has 96 valence electrons. The lowest BCUT2D eigenvalue weighted by molar-refractivity contribution is 0.321. The Morgan fingerprint density at radius 2 is 2.22 bits per heavy atom. The molecular formula is C14H16BrNOS. The van der Waals surface area contributed by atoms with Crippen molar-refractivity contribution in [2.45, 2.75) is 19.4 Å². The molecule has 2 nitrogen and oxygen atoms in total. The molecule has 0 aliphatic rings. The molecule has 2 aromatic rings. The second-order valence-corrected chi connectivity index (χ2v) is 6.04. The first-order valence-electron chi connectivity index (χ1n) is 5.87. The van der Waals surface area contributed by atoms with E-state index in [4.69, 9.17) is 10.5 Å². The van der Waals surface area contributed by atoms with Crippen molar-refractivity contribution in [2.75, 3.05) is 6.61 Å². The molecule has 0 aliphatic carbocycles. The summed E-state index contributed by atoms with van der Waals surface area (Å²) in [6, 6.07) is 10.2. The average Bonchev–Trinajstić information content (AvgIpc) is 2.84. The van der Waals surface area contributed by atoms with Crippen molar-refractivity contribution in [3.8, 4) is 5.75 Å². The van der Waals surface area contributed by atoms with E-state index in [0.29, 0.717) is 6.61 Å². The van der Waals surface area contributed by atoms with Crippen molar-refractivity contribution >= 4 is 27.3 Å². The van der Waals surface area contributed by atoms with E-state index < -0.39 is 0 Å². The summed E-state index contributed by atoms with van der Waals surface area (Å²) in [4.78, 5) is 1.35. The molecule has 0 radical (unpaired) electrons. The van der Waals surface area contributed by atoms with Gasteiger partial charge in [0.15, 0.2) is 0 Å². The van der Waals surface area contributed by atoms with Gasteiger partial charge in [0, 0.05) is 17.3 Å². The molecule has 1 aromatic heterocycles. The monoisotopic (exact) mass is 325 g/mol. The quantitative estimate of drug-likeness (QED) is 0.896. The van der Waals surface area contributed by atoms with Crippen molar-refractivity contribution in [2.24, 2.45) is 5.73 Å². The maximum absolute atomic E-state index is 5.84. The number of hydrogen-bond acceptors (Lipinski definition) is 3. The Hall–Kier alpha value is -0.840. The molecular weight excluding hydrogens is 310 g/mol. The summed E-state index contributed by atoms with van der Waals surface area (Å²) in [5.41, 5.74) is 6.94. The van der Waals surface area contributed by atoms with Crippen LogP contribution in [0, 0.1) is 0 Å². The Balaban J connectivity index is 1.93. The van der Waals surface area contributed by atoms with Crippen molar-refractivity contribution in [1.29, 1.82) is 0 Å². The predicted octanol–water partition coefficient (Wildman–Crippen LogP) is 4.15. The Kier molecular flexibility index (Phi) is 4.80. The van der Waals surface area contributed by atoms with E-state index in [2.05, 4.69) is 33.4 Å². The maximum Gasteiger partial charge on any atom is 0.133 e. The highest BCUT2D eigenvalue weighted by atomic mass is 79.9. The summed E-state index contributed by atoms with van der Waals surface area (Å²) >= 11 is 5.28. The molecule has 2 rings (SSSR count). The van der Waals surface area contributed by atoms with Gasteiger partial charge in [0.05, 0.1) is 11.1 Å². The van der Waals surface area contributed by atoms with E-state index in [1.165, 1.54) is 4.88 Å². The van der Waals surface area contributed by atoms with Crippen molar-refractivity contribution in [1.82, 2.24) is 0 Å². The van der Waals surface area contributed by atoms with Crippen LogP contribution < -0.4 is 10.5 Å². The molecule has 0 unspecified atom stereocenters. The van der Waals surface area contributed by atoms with E-state index in [1.54, 1.807) is 11.3 Å². The van der Waals surface area contributed by atoms with Gasteiger partial charge in [-0.1, -0.05) is 12.1 Å². The fourth-order valence-electron chi connectivity index (χ4n) is 1.63. The highest BCUT2D eigenvalue weighted by Crippen LogP contribution is 2.28. The van der Waals surface area contributed by atoms with Crippen LogP contribution in [0.5, 0.6) is 5.75 Å². The van der Waals surface area contributed by atoms with E-state index in [0.717, 1.165) is 22.2 Å². The summed E-state index contributed by atoms with van der Waals surface area (Å²) in [7, 11) is 0. The molecule has 1 aromatic carbocycles. The van der Waals surface area contributed by atoms with Crippen molar-refractivity contribution in [3.63, 3.8) is 0 Å². The van der Waals surface area contributed by atoms with Gasteiger partial charge in [0.25, 0.3) is 0 Å². The fourth-order valence-corrected chi connectivity index (χ4v) is 2.83. The number of nitrogens with two attached hydrogens (primary N) is 1. The van der Waals surface area contributed by atoms with Crippen LogP contribution in [0.25, 0.3) is 0 Å². The van der Waals surface area contributed by atoms with Gasteiger partial charge in [-0.3, -0.25) is 0 Å². The second kappa shape index (κ2) is 6.36. The normalized spacial score (nSPS) is 12.4. The number of ether oxygens (including phenoxy) is 1. The topological polar surface area (TPSA) is 35.2 Å². The molecule has 0 aliphatic heterocycles. The first-order chi connectivity index (χ1) is 8.66. The standard InChI is InChI=1S/C14H16BrNOS/c1-10(16)11-4-5-14(13(15)9-11)17-7-6-12-3-2-8-18-12/h2-5,8-10H,6-7,16H2,1H3/t10-/m0/s1. The van der Waals surface area contributed by atoms with Crippen LogP contribution >= 0.6 is 27.3 Å². The molecule has 0 spiro atoms. The maximum atomic E-state index is 5.84. The Labute approximate surface area is 120 Å². The smallest absolute Gasteiger partial charge is 0.133 e. The van der Waals surface area contributed by atoms with Gasteiger partial charge >= 0.3 is 0 Å². The first-order valence-corrected chi connectivity index (χ1v) is 7.54. The number of benzene rings is 1. The van der Waals surface area contributed by atoms with Crippen LogP contribution in [0.15, 0.2) is 40.2 Å². The van der Waals surface area contributed by atoms with E-state index in [-0.39, 0.29) is 6.04 Å². The molecule has 0 bridgehead atoms. The van der Waals surface area contributed by atoms with Crippen LogP contribution in [0.3, 0.4) is 0 Å². The molecule has 1 atom stereocenters. The summed E-state index contributed by atoms with van der Waals surface area (Å²) < 4.78 is 6.73. The van der Waals surface area contributed by atoms with Crippen LogP contribution in [0.4, 0.5) is 0 Å². The lowest BCUT2D eigenvalue weighted by atomic mass is 10.1. The van der Waals surface area contributed by atoms with E-state index in [9.17, 15) is 0 Å². The number of rotatable bonds is 5. The van der Waals surface area contributed by atoms with Crippen molar-refractivity contribution in [3.05, 3.63) is 50.6 Å². The van der Waals surface area contributed by atoms with Crippen molar-refractivity contribution < 1.29 is 4.74 Å². The van der Waals surface area contributed by atoms with Crippen LogP contribution in [0.1, 0.15) is 23.4 Å². The molecule has 0 fully saturated rings. The molecule has 2 N–H and O–H groups in total. The minimum Gasteiger partial charge on any atom is -0.492 e. The number of thiophene rings is 1. The third-order valence-corrected chi connectivity index (χ3v) is 4.22. The van der Waals surface area contributed by atoms with E-state index in [1.807, 2.05) is 25.1 Å². The van der Waals surface area contributed by atoms with Gasteiger partial charge in [-0.2, -0.15) is 0 Å². The fraction of sp³-hybridized carbons (Fsp3) is 0.286. The molecule has 0 saturated heterocycles. The predicted molar refractivity (Wildman–Crippen MR) is 80.3 cm³/mol. The summed E-state index contributed by atoms with van der Waals surface area (Å²) in [6.07, 6.45) is 0.944. The largest absolute Gasteiger partial charge is 0.492 e. The van der Waals surface area contributed by atoms with E-state index >= 15 is 0 Å². The number of halogens is 1. The summed E-state index contributed by atoms with van der Waals surface area (Å²) in [6.45, 7) is 2.66. The lowest BCUT2D eigenvalue weighted by Gasteiger charge is -2.11. The molecule has 1 heterocycles. The summed E-state index contributed by atoms with van der Waals surface area (Å²) in [5.74, 6) is 0.871. The van der Waals surface area contributed by atoms with Gasteiger partial charge in [-0.25, -0.2) is 0 Å². The molecule has 0 amide bonds. The van der Waals surface area contributed by atoms with Crippen LogP contribution in [0.2, 0.25) is 0 Å². The minimum absolute atomic E-state index is 0.0430. The highest BCUT2D eigenvalue weighted by Gasteiger charge is 2.05. The second-order valence-electron chi connectivity index (χ2n) is 4.16. The Bertz CT molecular complexity index is 497. The SMILES string of the molecule is C[C@H](N)c1ccc(OCCc2cccs2)c(Br)c1. The molecule has 4 heteroatoms. The Morgan fingerprint density at radius 3 is 2.83 bits per heavy atom. The zero-order chi connectivity index (χ0) is 13.0. The molecule has 0 saturated carbocycles. The van der Waals surface area contributed by atoms with Gasteiger partial charge in [-0.05, 0) is 52.0 Å². The third kappa shape index (κ3) is 3.57. The van der Waals surface area contributed by atoms with Gasteiger partial charge in [-0.15, -0.1) is 11.3 Å². The average molecular weight is 326 g/mol. The minimum atomic E-state index is 0.0430. The van der Waals surface area contributed by atoms with Gasteiger partial charge in [0.1, 0.15) is 5.75 Å². The van der Waals surface area contributed by atoms with Crippen LogP contribution in [-0.4, -0.2) is 6.61 Å². The lowest BCUT2D eigenvalue weighted by Crippen LogP contribution is -2.05. The zero-order valence-corrected chi connectivity index (χ0v) is 12.6.